The number of hydrogen-bond donors (Lipinski definition) is 9. The van der Waals surface area contributed by atoms with Gasteiger partial charge >= 0.3 is 18.2 Å². The van der Waals surface area contributed by atoms with Gasteiger partial charge in [-0.05, 0) is 89.2 Å². The van der Waals surface area contributed by atoms with E-state index < -0.39 is 53.9 Å². The van der Waals surface area contributed by atoms with E-state index in [1.807, 2.05) is 48.5 Å². The molecule has 17 nitrogen and oxygen atoms in total. The van der Waals surface area contributed by atoms with Crippen molar-refractivity contribution in [3.63, 3.8) is 0 Å². The SMILES string of the molecule is CC(C)C(NC(=O)OCC1c2ccccc2-c2ccccc21)C(=O)NC(CCCNC(N)=O)C(=O)Nc1ccc(COC(=O)NNC(=O)[C@@H](C)C[C@@H](N)Cc2ccc(O)cc2)cc1. The second-order valence-corrected chi connectivity index (χ2v) is 15.8. The highest BCUT2D eigenvalue weighted by molar-refractivity contribution is 5.98. The highest BCUT2D eigenvalue weighted by Crippen LogP contribution is 2.44. The second-order valence-electron chi connectivity index (χ2n) is 15.8. The van der Waals surface area contributed by atoms with Gasteiger partial charge in [0.2, 0.25) is 17.7 Å². The molecule has 0 aromatic heterocycles. The van der Waals surface area contributed by atoms with Crippen molar-refractivity contribution in [3.05, 3.63) is 119 Å². The number of primary amides is 1. The maximum Gasteiger partial charge on any atom is 0.426 e. The Kier molecular flexibility index (Phi) is 16.9. The highest BCUT2D eigenvalue weighted by Gasteiger charge is 2.32. The Morgan fingerprint density at radius 3 is 1.95 bits per heavy atom. The minimum Gasteiger partial charge on any atom is -0.508 e. The number of benzene rings is 4. The number of nitrogens with two attached hydrogens (primary N) is 2. The van der Waals surface area contributed by atoms with Gasteiger partial charge in [-0.1, -0.05) is 93.6 Å². The lowest BCUT2D eigenvalue weighted by molar-refractivity contribution is -0.128. The zero-order chi connectivity index (χ0) is 45.5. The minimum atomic E-state index is -1.07. The summed E-state index contributed by atoms with van der Waals surface area (Å²) in [7, 11) is 0. The van der Waals surface area contributed by atoms with Crippen LogP contribution in [-0.4, -0.2) is 72.3 Å². The van der Waals surface area contributed by atoms with Gasteiger partial charge in [-0.2, -0.15) is 0 Å². The molecule has 7 amide bonds. The summed E-state index contributed by atoms with van der Waals surface area (Å²) in [4.78, 5) is 76.6. The summed E-state index contributed by atoms with van der Waals surface area (Å²) in [5.74, 6) is -2.52. The number of hydrazine groups is 1. The molecule has 0 spiro atoms. The molecular formula is C46H56N8O9. The quantitative estimate of drug-likeness (QED) is 0.0464. The first kappa shape index (κ1) is 46.9. The summed E-state index contributed by atoms with van der Waals surface area (Å²) in [5.41, 5.74) is 22.1. The summed E-state index contributed by atoms with van der Waals surface area (Å²) in [6, 6.07) is 25.8. The number of ether oxygens (including phenoxy) is 2. The van der Waals surface area contributed by atoms with Crippen molar-refractivity contribution in [1.82, 2.24) is 26.8 Å². The number of amides is 7. The minimum absolute atomic E-state index is 0.0566. The first-order chi connectivity index (χ1) is 30.2. The molecule has 11 N–H and O–H groups in total. The average Bonchev–Trinajstić information content (AvgIpc) is 3.58. The predicted molar refractivity (Wildman–Crippen MR) is 236 cm³/mol. The molecule has 4 aromatic rings. The van der Waals surface area contributed by atoms with Crippen LogP contribution in [0.5, 0.6) is 5.75 Å². The van der Waals surface area contributed by atoms with Crippen LogP contribution in [0.3, 0.4) is 0 Å². The van der Waals surface area contributed by atoms with Gasteiger partial charge in [0.15, 0.2) is 0 Å². The summed E-state index contributed by atoms with van der Waals surface area (Å²) >= 11 is 0. The summed E-state index contributed by atoms with van der Waals surface area (Å²) in [6.45, 7) is 5.26. The fourth-order valence-electron chi connectivity index (χ4n) is 7.26. The van der Waals surface area contributed by atoms with Crippen LogP contribution in [0.15, 0.2) is 97.1 Å². The lowest BCUT2D eigenvalue weighted by atomic mass is 9.96. The maximum absolute atomic E-state index is 13.7. The van der Waals surface area contributed by atoms with Crippen molar-refractivity contribution < 1.29 is 43.3 Å². The van der Waals surface area contributed by atoms with Crippen LogP contribution in [0.4, 0.5) is 20.1 Å². The normalized spacial score (nSPS) is 13.5. The van der Waals surface area contributed by atoms with Gasteiger partial charge in [-0.25, -0.2) is 19.8 Å². The van der Waals surface area contributed by atoms with E-state index in [1.54, 1.807) is 69.3 Å². The van der Waals surface area contributed by atoms with Crippen LogP contribution in [0, 0.1) is 11.8 Å². The molecule has 4 atom stereocenters. The molecular weight excluding hydrogens is 809 g/mol. The topological polar surface area (TPSA) is 265 Å². The Hall–Kier alpha value is -7.14. The van der Waals surface area contributed by atoms with Crippen molar-refractivity contribution >= 4 is 41.6 Å². The molecule has 1 aliphatic carbocycles. The molecule has 17 heteroatoms. The summed E-state index contributed by atoms with van der Waals surface area (Å²) in [5, 5.41) is 20.1. The third kappa shape index (κ3) is 13.9. The fourth-order valence-corrected chi connectivity index (χ4v) is 7.26. The lowest BCUT2D eigenvalue weighted by Gasteiger charge is -2.25. The lowest BCUT2D eigenvalue weighted by Crippen LogP contribution is -2.54. The zero-order valence-corrected chi connectivity index (χ0v) is 35.5. The molecule has 63 heavy (non-hydrogen) atoms. The number of alkyl carbamates (subject to hydrolysis) is 1. The third-order valence-electron chi connectivity index (χ3n) is 10.6. The van der Waals surface area contributed by atoms with Gasteiger partial charge in [0.25, 0.3) is 0 Å². The number of carbonyl (C=O) groups excluding carboxylic acids is 6. The fraction of sp³-hybridized carbons (Fsp3) is 0.348. The molecule has 334 valence electrons. The number of urea groups is 1. The first-order valence-electron chi connectivity index (χ1n) is 20.8. The Morgan fingerprint density at radius 1 is 0.714 bits per heavy atom. The average molecular weight is 865 g/mol. The van der Waals surface area contributed by atoms with Crippen LogP contribution >= 0.6 is 0 Å². The monoisotopic (exact) mass is 864 g/mol. The number of hydrogen-bond acceptors (Lipinski definition) is 10. The van der Waals surface area contributed by atoms with Crippen LogP contribution < -0.4 is 43.6 Å². The van der Waals surface area contributed by atoms with Gasteiger partial charge in [-0.15, -0.1) is 0 Å². The van der Waals surface area contributed by atoms with Crippen molar-refractivity contribution in [2.75, 3.05) is 18.5 Å². The number of aromatic hydroxyl groups is 1. The van der Waals surface area contributed by atoms with Crippen molar-refractivity contribution in [2.24, 2.45) is 23.3 Å². The van der Waals surface area contributed by atoms with E-state index in [2.05, 4.69) is 32.1 Å². The van der Waals surface area contributed by atoms with Gasteiger partial charge in [-0.3, -0.25) is 19.8 Å². The Balaban J connectivity index is 1.09. The van der Waals surface area contributed by atoms with Crippen molar-refractivity contribution in [2.45, 2.75) is 77.1 Å². The van der Waals surface area contributed by atoms with Crippen LogP contribution in [-0.2, 0) is 36.9 Å². The van der Waals surface area contributed by atoms with E-state index in [0.29, 0.717) is 30.5 Å². The van der Waals surface area contributed by atoms with Crippen LogP contribution in [0.1, 0.15) is 68.2 Å². The molecule has 5 rings (SSSR count). The molecule has 0 heterocycles. The number of phenols is 1. The van der Waals surface area contributed by atoms with E-state index in [-0.39, 0.29) is 49.8 Å². The van der Waals surface area contributed by atoms with Gasteiger partial charge in [0.1, 0.15) is 31.0 Å². The van der Waals surface area contributed by atoms with Gasteiger partial charge < -0.3 is 47.3 Å². The number of rotatable bonds is 19. The standard InChI is InChI=1S/C46H56N8O9/c1-27(2)40(52-45(60)63-26-38-36-11-6-4-9-34(36)35-10-5-7-12-37(35)38)43(58)51-39(13-8-22-49-44(48)59)42(57)50-32-18-14-30(15-19-32)25-62-46(61)54-53-41(56)28(3)23-31(47)24-29-16-20-33(55)21-17-29/h4-7,9-12,14-21,27-28,31,38-40,55H,8,13,22-26,47H2,1-3H3,(H,50,57)(H,51,58)(H,52,60)(H,53,56)(H,54,61)(H3,48,49,59)/t28-,31+,39?,40?/m0/s1. The largest absolute Gasteiger partial charge is 0.508 e. The Morgan fingerprint density at radius 2 is 1.33 bits per heavy atom. The van der Waals surface area contributed by atoms with Crippen molar-refractivity contribution in [3.8, 4) is 16.9 Å². The van der Waals surface area contributed by atoms with Crippen LogP contribution in [0.25, 0.3) is 11.1 Å². The number of carbonyl (C=O) groups is 6. The number of anilines is 1. The smallest absolute Gasteiger partial charge is 0.426 e. The van der Waals surface area contributed by atoms with E-state index in [4.69, 9.17) is 20.9 Å². The van der Waals surface area contributed by atoms with E-state index in [9.17, 15) is 33.9 Å². The molecule has 0 fully saturated rings. The first-order valence-corrected chi connectivity index (χ1v) is 20.8. The highest BCUT2D eigenvalue weighted by atomic mass is 16.6. The molecule has 0 saturated heterocycles. The molecule has 2 unspecified atom stereocenters. The number of fused-ring (bicyclic) bond motifs is 3. The molecule has 1 aliphatic rings. The summed E-state index contributed by atoms with van der Waals surface area (Å²) < 4.78 is 10.9. The van der Waals surface area contributed by atoms with Gasteiger partial charge in [0, 0.05) is 30.1 Å². The number of phenolic OH excluding ortho intramolecular Hbond substituents is 1. The predicted octanol–water partition coefficient (Wildman–Crippen LogP) is 4.68. The van der Waals surface area contributed by atoms with E-state index >= 15 is 0 Å². The van der Waals surface area contributed by atoms with E-state index in [0.717, 1.165) is 27.8 Å². The third-order valence-corrected chi connectivity index (χ3v) is 10.6. The molecule has 4 aromatic carbocycles. The van der Waals surface area contributed by atoms with Crippen LogP contribution in [0.2, 0.25) is 0 Å². The van der Waals surface area contributed by atoms with Crippen molar-refractivity contribution in [1.29, 1.82) is 0 Å². The molecule has 0 saturated carbocycles. The Labute approximate surface area is 366 Å². The molecule has 0 radical (unpaired) electrons. The number of nitrogens with one attached hydrogen (secondary N) is 6. The van der Waals surface area contributed by atoms with Gasteiger partial charge in [0.05, 0.1) is 0 Å². The molecule has 0 bridgehead atoms. The maximum atomic E-state index is 13.7. The Bertz CT molecular complexity index is 2170. The van der Waals surface area contributed by atoms with E-state index in [1.165, 1.54) is 0 Å². The second kappa shape index (κ2) is 22.6. The zero-order valence-electron chi connectivity index (χ0n) is 35.5. The summed E-state index contributed by atoms with van der Waals surface area (Å²) in [6.07, 6.45) is -0.398. The molecule has 0 aliphatic heterocycles.